The van der Waals surface area contributed by atoms with Gasteiger partial charge in [-0.25, -0.2) is 4.98 Å². The number of fused-ring (bicyclic) bond motifs is 5. The van der Waals surface area contributed by atoms with Gasteiger partial charge in [-0.15, -0.1) is 11.3 Å². The predicted molar refractivity (Wildman–Crippen MR) is 102 cm³/mol. The first-order valence-electron chi connectivity index (χ1n) is 9.10. The molecule has 2 saturated heterocycles. The number of thiazole rings is 1. The zero-order valence-electron chi connectivity index (χ0n) is 15.0. The topological polar surface area (TPSA) is 73.3 Å². The van der Waals surface area contributed by atoms with Crippen LogP contribution < -0.4 is 0 Å². The Kier molecular flexibility index (Phi) is 3.97. The minimum Gasteiger partial charge on any atom is -0.373 e. The summed E-state index contributed by atoms with van der Waals surface area (Å²) in [6.07, 6.45) is 3.24. The van der Waals surface area contributed by atoms with Crippen molar-refractivity contribution in [3.8, 4) is 10.6 Å². The fourth-order valence-electron chi connectivity index (χ4n) is 4.78. The molecule has 0 radical (unpaired) electrons. The molecule has 0 spiro atoms. The van der Waals surface area contributed by atoms with Crippen molar-refractivity contribution in [1.82, 2.24) is 4.98 Å². The normalized spacial score (nSPS) is 32.9. The number of Topliss-reactive ketones (excluding diaryl/α,β-unsaturated/α-hetero) is 2. The van der Waals surface area contributed by atoms with E-state index in [9.17, 15) is 13.8 Å². The van der Waals surface area contributed by atoms with Crippen LogP contribution in [0.2, 0.25) is 0 Å². The van der Waals surface area contributed by atoms with Crippen molar-refractivity contribution in [2.75, 3.05) is 6.26 Å². The Morgan fingerprint density at radius 2 is 1.67 bits per heavy atom. The van der Waals surface area contributed by atoms with Crippen LogP contribution in [0.1, 0.15) is 29.3 Å². The van der Waals surface area contributed by atoms with Gasteiger partial charge in [-0.1, -0.05) is 12.1 Å². The van der Waals surface area contributed by atoms with Crippen molar-refractivity contribution in [2.45, 2.75) is 42.8 Å². The fourth-order valence-corrected chi connectivity index (χ4v) is 6.26. The van der Waals surface area contributed by atoms with Crippen molar-refractivity contribution in [3.63, 3.8) is 0 Å². The van der Waals surface area contributed by atoms with Gasteiger partial charge in [-0.05, 0) is 31.9 Å². The summed E-state index contributed by atoms with van der Waals surface area (Å²) in [6, 6.07) is 7.43. The van der Waals surface area contributed by atoms with Crippen LogP contribution in [0.15, 0.2) is 29.2 Å². The number of hydrogen-bond acceptors (Lipinski definition) is 6. The highest BCUT2D eigenvalue weighted by molar-refractivity contribution is 7.84. The molecule has 3 heterocycles. The van der Waals surface area contributed by atoms with Gasteiger partial charge in [0.2, 0.25) is 0 Å². The lowest BCUT2D eigenvalue weighted by atomic mass is 9.81. The molecular weight excluding hydrogens is 382 g/mol. The number of ketones is 2. The molecule has 1 aliphatic carbocycles. The fraction of sp³-hybridized carbons (Fsp3) is 0.450. The molecular formula is C20H19NO4S2. The highest BCUT2D eigenvalue weighted by atomic mass is 32.2. The summed E-state index contributed by atoms with van der Waals surface area (Å²) in [5.74, 6) is -1.29. The lowest BCUT2D eigenvalue weighted by molar-refractivity contribution is -0.127. The summed E-state index contributed by atoms with van der Waals surface area (Å²) in [6.45, 7) is 1.92. The van der Waals surface area contributed by atoms with Crippen LogP contribution in [0.25, 0.3) is 10.6 Å². The van der Waals surface area contributed by atoms with Crippen molar-refractivity contribution in [3.05, 3.63) is 34.8 Å². The minimum absolute atomic E-state index is 0.00567. The van der Waals surface area contributed by atoms with Crippen molar-refractivity contribution in [1.29, 1.82) is 0 Å². The van der Waals surface area contributed by atoms with Gasteiger partial charge in [-0.2, -0.15) is 0 Å². The summed E-state index contributed by atoms with van der Waals surface area (Å²) in [4.78, 5) is 32.4. The molecule has 0 N–H and O–H groups in total. The molecule has 5 nitrogen and oxygen atoms in total. The maximum atomic E-state index is 13.0. The van der Waals surface area contributed by atoms with Crippen molar-refractivity contribution < 1.29 is 18.5 Å². The van der Waals surface area contributed by atoms with E-state index in [1.165, 1.54) is 11.3 Å². The van der Waals surface area contributed by atoms with E-state index in [0.717, 1.165) is 33.2 Å². The molecule has 140 valence electrons. The Labute approximate surface area is 163 Å². The number of aromatic nitrogens is 1. The van der Waals surface area contributed by atoms with Gasteiger partial charge in [0.05, 0.1) is 29.7 Å². The zero-order chi connectivity index (χ0) is 18.9. The SMILES string of the molecule is Cc1sc(-c2ccc(S(C)=O)cc2)nc1C1C(=O)C2[C@@H](C1=O)[C@@H]1CC[C@H]2O1. The van der Waals surface area contributed by atoms with Crippen LogP contribution in [0.3, 0.4) is 0 Å². The minimum atomic E-state index is -1.03. The molecule has 2 bridgehead atoms. The maximum absolute atomic E-state index is 13.0. The van der Waals surface area contributed by atoms with Crippen molar-refractivity contribution >= 4 is 33.7 Å². The average molecular weight is 402 g/mol. The van der Waals surface area contributed by atoms with Gasteiger partial charge in [0, 0.05) is 32.4 Å². The summed E-state index contributed by atoms with van der Waals surface area (Å²) >= 11 is 1.50. The van der Waals surface area contributed by atoms with Crippen LogP contribution in [0.5, 0.6) is 0 Å². The molecule has 3 aliphatic rings. The highest BCUT2D eigenvalue weighted by Gasteiger charge is 2.63. The molecule has 2 aromatic rings. The number of benzene rings is 1. The van der Waals surface area contributed by atoms with Gasteiger partial charge in [-0.3, -0.25) is 13.8 Å². The van der Waals surface area contributed by atoms with E-state index >= 15 is 0 Å². The summed E-state index contributed by atoms with van der Waals surface area (Å²) in [5.41, 5.74) is 1.52. The van der Waals surface area contributed by atoms with Gasteiger partial charge >= 0.3 is 0 Å². The average Bonchev–Trinajstić information content (AvgIpc) is 3.40. The molecule has 6 atom stereocenters. The molecule has 0 amide bonds. The number of hydrogen-bond donors (Lipinski definition) is 0. The van der Waals surface area contributed by atoms with Crippen LogP contribution in [-0.4, -0.2) is 39.2 Å². The van der Waals surface area contributed by atoms with Crippen LogP contribution >= 0.6 is 11.3 Å². The second-order valence-electron chi connectivity index (χ2n) is 7.52. The molecule has 2 aliphatic heterocycles. The number of rotatable bonds is 3. The Morgan fingerprint density at radius 3 is 2.22 bits per heavy atom. The van der Waals surface area contributed by atoms with E-state index in [0.29, 0.717) is 5.69 Å². The van der Waals surface area contributed by atoms with Gasteiger partial charge in [0.25, 0.3) is 0 Å². The smallest absolute Gasteiger partial charge is 0.155 e. The number of ether oxygens (including phenoxy) is 1. The Bertz CT molecular complexity index is 952. The monoisotopic (exact) mass is 401 g/mol. The van der Waals surface area contributed by atoms with Crippen LogP contribution in [0.4, 0.5) is 0 Å². The van der Waals surface area contributed by atoms with Crippen LogP contribution in [-0.2, 0) is 25.1 Å². The Morgan fingerprint density at radius 1 is 1.07 bits per heavy atom. The van der Waals surface area contributed by atoms with E-state index in [2.05, 4.69) is 0 Å². The number of aryl methyl sites for hydroxylation is 1. The molecule has 3 fully saturated rings. The largest absolute Gasteiger partial charge is 0.373 e. The van der Waals surface area contributed by atoms with E-state index in [4.69, 9.17) is 9.72 Å². The summed E-state index contributed by atoms with van der Waals surface area (Å²) in [5, 5.41) is 0.785. The lowest BCUT2D eigenvalue weighted by Gasteiger charge is -2.16. The zero-order valence-corrected chi connectivity index (χ0v) is 16.6. The van der Waals surface area contributed by atoms with E-state index in [1.807, 2.05) is 31.2 Å². The van der Waals surface area contributed by atoms with Crippen LogP contribution in [0, 0.1) is 18.8 Å². The van der Waals surface area contributed by atoms with E-state index < -0.39 is 16.7 Å². The first kappa shape index (κ1) is 17.4. The number of carbonyl (C=O) groups is 2. The Hall–Kier alpha value is -1.70. The third kappa shape index (κ3) is 2.52. The van der Waals surface area contributed by atoms with Crippen molar-refractivity contribution in [2.24, 2.45) is 11.8 Å². The molecule has 5 rings (SSSR count). The predicted octanol–water partition coefficient (Wildman–Crippen LogP) is 2.88. The van der Waals surface area contributed by atoms with E-state index in [-0.39, 0.29) is 35.6 Å². The quantitative estimate of drug-likeness (QED) is 0.740. The molecule has 7 heteroatoms. The third-order valence-electron chi connectivity index (χ3n) is 6.04. The summed E-state index contributed by atoms with van der Waals surface area (Å²) in [7, 11) is -1.03. The third-order valence-corrected chi connectivity index (χ3v) is 8.01. The highest BCUT2D eigenvalue weighted by Crippen LogP contribution is 2.52. The number of nitrogens with zero attached hydrogens (tertiary/aromatic N) is 1. The number of carbonyl (C=O) groups excluding carboxylic acids is 2. The maximum Gasteiger partial charge on any atom is 0.155 e. The second-order valence-corrected chi connectivity index (χ2v) is 10.1. The molecule has 1 saturated carbocycles. The standard InChI is InChI=1S/C20H19NO4S2/c1-9-17(21-20(26-9)10-3-5-11(6-4-10)27(2)24)16-18(22)14-12-7-8-13(25-12)15(14)19(16)23/h3-6,12-16H,7-8H2,1-2H3/t12-,13+,14-,15?,16?,27?/m0/s1. The Balaban J connectivity index is 1.49. The first-order chi connectivity index (χ1) is 13.0. The van der Waals surface area contributed by atoms with Gasteiger partial charge in [0.15, 0.2) is 11.6 Å². The first-order valence-corrected chi connectivity index (χ1v) is 11.5. The molecule has 3 unspecified atom stereocenters. The molecule has 27 heavy (non-hydrogen) atoms. The second kappa shape index (κ2) is 6.15. The molecule has 1 aromatic carbocycles. The van der Waals surface area contributed by atoms with Gasteiger partial charge in [0.1, 0.15) is 10.9 Å². The van der Waals surface area contributed by atoms with Gasteiger partial charge < -0.3 is 4.74 Å². The summed E-state index contributed by atoms with van der Waals surface area (Å²) < 4.78 is 17.4. The lowest BCUT2D eigenvalue weighted by Crippen LogP contribution is -2.29. The molecule has 1 aromatic heterocycles. The van der Waals surface area contributed by atoms with E-state index in [1.54, 1.807) is 6.26 Å².